The third-order valence-corrected chi connectivity index (χ3v) is 4.18. The summed E-state index contributed by atoms with van der Waals surface area (Å²) in [6.45, 7) is 2.48. The van der Waals surface area contributed by atoms with Gasteiger partial charge in [-0.25, -0.2) is 9.97 Å². The topological polar surface area (TPSA) is 70.9 Å². The Bertz CT molecular complexity index is 662. The predicted molar refractivity (Wildman–Crippen MR) is 83.0 cm³/mol. The van der Waals surface area contributed by atoms with Gasteiger partial charge in [-0.15, -0.1) is 0 Å². The molecule has 0 aromatic carbocycles. The third kappa shape index (κ3) is 3.39. The number of pyridine rings is 1. The maximum Gasteiger partial charge on any atom is 0.139 e. The second-order valence-corrected chi connectivity index (χ2v) is 6.24. The Morgan fingerprint density at radius 2 is 2.24 bits per heavy atom. The number of fused-ring (bicyclic) bond motifs is 1. The molecule has 2 aromatic heterocycles. The Balaban J connectivity index is 1.63. The lowest BCUT2D eigenvalue weighted by molar-refractivity contribution is 0.428. The maximum atomic E-state index is 9.86. The van der Waals surface area contributed by atoms with Crippen LogP contribution in [0.25, 0.3) is 0 Å². The maximum absolute atomic E-state index is 9.86. The van der Waals surface area contributed by atoms with Gasteiger partial charge in [0.1, 0.15) is 11.6 Å². The molecule has 110 valence electrons. The lowest BCUT2D eigenvalue weighted by atomic mass is 9.92. The molecule has 5 nitrogen and oxygen atoms in total. The molecular formula is C15H17BrN4O. The van der Waals surface area contributed by atoms with Gasteiger partial charge >= 0.3 is 0 Å². The highest BCUT2D eigenvalue weighted by Gasteiger charge is 2.20. The van der Waals surface area contributed by atoms with Crippen molar-refractivity contribution in [3.63, 3.8) is 0 Å². The molecule has 0 bridgehead atoms. The molecule has 1 unspecified atom stereocenters. The van der Waals surface area contributed by atoms with Crippen LogP contribution in [0.4, 0.5) is 0 Å². The van der Waals surface area contributed by atoms with Gasteiger partial charge in [0, 0.05) is 35.1 Å². The number of aromatic hydroxyl groups is 1. The van der Waals surface area contributed by atoms with Gasteiger partial charge in [0.25, 0.3) is 0 Å². The van der Waals surface area contributed by atoms with Crippen LogP contribution in [0.2, 0.25) is 0 Å². The van der Waals surface area contributed by atoms with Crippen molar-refractivity contribution in [2.24, 2.45) is 0 Å². The summed E-state index contributed by atoms with van der Waals surface area (Å²) in [4.78, 5) is 13.0. The number of hydrogen-bond donors (Lipinski definition) is 2. The second kappa shape index (κ2) is 6.07. The normalized spacial score (nSPS) is 17.5. The SMILES string of the molecule is Cc1ncc2c(n1)CCC(NCc1ncc(Br)cc1O)C2. The average molecular weight is 349 g/mol. The molecule has 1 aliphatic carbocycles. The van der Waals surface area contributed by atoms with Crippen LogP contribution < -0.4 is 5.32 Å². The molecule has 0 amide bonds. The Labute approximate surface area is 132 Å². The Kier molecular flexibility index (Phi) is 4.17. The summed E-state index contributed by atoms with van der Waals surface area (Å²) in [6, 6.07) is 2.03. The Morgan fingerprint density at radius 1 is 1.38 bits per heavy atom. The zero-order valence-corrected chi connectivity index (χ0v) is 13.4. The van der Waals surface area contributed by atoms with Gasteiger partial charge < -0.3 is 10.4 Å². The van der Waals surface area contributed by atoms with Crippen LogP contribution in [0.3, 0.4) is 0 Å². The summed E-state index contributed by atoms with van der Waals surface area (Å²) < 4.78 is 0.780. The zero-order valence-electron chi connectivity index (χ0n) is 11.8. The van der Waals surface area contributed by atoms with Crippen LogP contribution in [-0.4, -0.2) is 26.1 Å². The van der Waals surface area contributed by atoms with Crippen molar-refractivity contribution in [3.8, 4) is 5.75 Å². The van der Waals surface area contributed by atoms with Gasteiger partial charge in [-0.2, -0.15) is 0 Å². The smallest absolute Gasteiger partial charge is 0.139 e. The molecule has 1 atom stereocenters. The van der Waals surface area contributed by atoms with E-state index in [0.717, 1.165) is 29.6 Å². The first-order valence-corrected chi connectivity index (χ1v) is 7.79. The predicted octanol–water partition coefficient (Wildman–Crippen LogP) is 2.30. The summed E-state index contributed by atoms with van der Waals surface area (Å²) in [5, 5.41) is 13.3. The lowest BCUT2D eigenvalue weighted by Gasteiger charge is -2.24. The highest BCUT2D eigenvalue weighted by atomic mass is 79.9. The van der Waals surface area contributed by atoms with Crippen molar-refractivity contribution in [3.05, 3.63) is 45.7 Å². The van der Waals surface area contributed by atoms with Crippen LogP contribution in [0.1, 0.15) is 29.2 Å². The number of nitrogens with one attached hydrogen (secondary N) is 1. The van der Waals surface area contributed by atoms with Gasteiger partial charge in [-0.05, 0) is 53.7 Å². The van der Waals surface area contributed by atoms with Gasteiger partial charge in [-0.1, -0.05) is 0 Å². The van der Waals surface area contributed by atoms with Crippen molar-refractivity contribution >= 4 is 15.9 Å². The second-order valence-electron chi connectivity index (χ2n) is 5.33. The molecule has 0 aliphatic heterocycles. The molecule has 2 N–H and O–H groups in total. The number of rotatable bonds is 3. The highest BCUT2D eigenvalue weighted by molar-refractivity contribution is 9.10. The largest absolute Gasteiger partial charge is 0.506 e. The fourth-order valence-corrected chi connectivity index (χ4v) is 2.93. The first-order chi connectivity index (χ1) is 10.1. The van der Waals surface area contributed by atoms with E-state index in [1.54, 1.807) is 12.3 Å². The number of aromatic nitrogens is 3. The molecule has 0 fully saturated rings. The molecule has 2 aromatic rings. The number of nitrogens with zero attached hydrogens (tertiary/aromatic N) is 3. The summed E-state index contributed by atoms with van der Waals surface area (Å²) in [7, 11) is 0. The standard InChI is InChI=1S/C15H17BrN4O/c1-9-17-6-10-4-12(2-3-13(10)20-9)18-8-14-15(21)5-11(16)7-19-14/h5-7,12,18,21H,2-4,8H2,1H3. The summed E-state index contributed by atoms with van der Waals surface area (Å²) in [6.07, 6.45) is 6.56. The van der Waals surface area contributed by atoms with Crippen LogP contribution in [0.15, 0.2) is 22.9 Å². The van der Waals surface area contributed by atoms with Crippen LogP contribution in [-0.2, 0) is 19.4 Å². The van der Waals surface area contributed by atoms with E-state index < -0.39 is 0 Å². The summed E-state index contributed by atoms with van der Waals surface area (Å²) in [5.41, 5.74) is 3.06. The molecule has 0 spiro atoms. The lowest BCUT2D eigenvalue weighted by Crippen LogP contribution is -2.34. The number of hydrogen-bond acceptors (Lipinski definition) is 5. The minimum Gasteiger partial charge on any atom is -0.506 e. The van der Waals surface area contributed by atoms with Crippen LogP contribution in [0.5, 0.6) is 5.75 Å². The quantitative estimate of drug-likeness (QED) is 0.890. The Hall–Kier alpha value is -1.53. The van der Waals surface area contributed by atoms with E-state index in [1.165, 1.54) is 11.3 Å². The third-order valence-electron chi connectivity index (χ3n) is 3.74. The minimum atomic E-state index is 0.215. The molecule has 0 saturated heterocycles. The Morgan fingerprint density at radius 3 is 3.05 bits per heavy atom. The molecule has 21 heavy (non-hydrogen) atoms. The molecule has 0 saturated carbocycles. The first kappa shape index (κ1) is 14.4. The van der Waals surface area contributed by atoms with E-state index in [1.807, 2.05) is 13.1 Å². The molecule has 1 aliphatic rings. The van der Waals surface area contributed by atoms with E-state index in [4.69, 9.17) is 0 Å². The number of halogens is 1. The molecule has 2 heterocycles. The van der Waals surface area contributed by atoms with Gasteiger partial charge in [0.2, 0.25) is 0 Å². The van der Waals surface area contributed by atoms with E-state index in [2.05, 4.69) is 36.2 Å². The van der Waals surface area contributed by atoms with E-state index >= 15 is 0 Å². The van der Waals surface area contributed by atoms with Crippen molar-refractivity contribution in [2.45, 2.75) is 38.8 Å². The molecule has 6 heteroatoms. The van der Waals surface area contributed by atoms with Crippen molar-refractivity contribution < 1.29 is 5.11 Å². The van der Waals surface area contributed by atoms with Gasteiger partial charge in [0.15, 0.2) is 0 Å². The first-order valence-electron chi connectivity index (χ1n) is 7.00. The zero-order chi connectivity index (χ0) is 14.8. The van der Waals surface area contributed by atoms with Gasteiger partial charge in [0.05, 0.1) is 5.69 Å². The van der Waals surface area contributed by atoms with Crippen molar-refractivity contribution in [1.82, 2.24) is 20.3 Å². The summed E-state index contributed by atoms with van der Waals surface area (Å²) >= 11 is 3.29. The van der Waals surface area contributed by atoms with E-state index in [0.29, 0.717) is 18.3 Å². The van der Waals surface area contributed by atoms with Crippen LogP contribution >= 0.6 is 15.9 Å². The van der Waals surface area contributed by atoms with Gasteiger partial charge in [-0.3, -0.25) is 4.98 Å². The minimum absolute atomic E-state index is 0.215. The number of aryl methyl sites for hydroxylation is 2. The average Bonchev–Trinajstić information content (AvgIpc) is 2.46. The van der Waals surface area contributed by atoms with Crippen molar-refractivity contribution in [1.29, 1.82) is 0 Å². The van der Waals surface area contributed by atoms with E-state index in [-0.39, 0.29) is 5.75 Å². The highest BCUT2D eigenvalue weighted by Crippen LogP contribution is 2.22. The molecule has 0 radical (unpaired) electrons. The van der Waals surface area contributed by atoms with Crippen LogP contribution in [0, 0.1) is 6.92 Å². The monoisotopic (exact) mass is 348 g/mol. The van der Waals surface area contributed by atoms with E-state index in [9.17, 15) is 5.11 Å². The molecular weight excluding hydrogens is 332 g/mol. The van der Waals surface area contributed by atoms with Crippen molar-refractivity contribution in [2.75, 3.05) is 0 Å². The fourth-order valence-electron chi connectivity index (χ4n) is 2.62. The summed E-state index contributed by atoms with van der Waals surface area (Å²) in [5.74, 6) is 1.05. The fraction of sp³-hybridized carbons (Fsp3) is 0.400. The molecule has 3 rings (SSSR count).